The largest absolute Gasteiger partial charge is 0.313 e. The van der Waals surface area contributed by atoms with Gasteiger partial charge in [0.05, 0.1) is 0 Å². The summed E-state index contributed by atoms with van der Waals surface area (Å²) in [5.41, 5.74) is 4.08. The zero-order valence-electron chi connectivity index (χ0n) is 10.7. The van der Waals surface area contributed by atoms with E-state index in [4.69, 9.17) is 0 Å². The predicted molar refractivity (Wildman–Crippen MR) is 70.4 cm³/mol. The van der Waals surface area contributed by atoms with Gasteiger partial charge in [0, 0.05) is 12.5 Å². The number of aryl methyl sites for hydroxylation is 2. The fraction of sp³-hybridized carbons (Fsp3) is 0.467. The van der Waals surface area contributed by atoms with E-state index < -0.39 is 0 Å². The molecular formula is C15H21N. The second-order valence-electron chi connectivity index (χ2n) is 4.17. The zero-order chi connectivity index (χ0) is 12.0. The predicted octanol–water partition coefficient (Wildman–Crippen LogP) is 3.37. The van der Waals surface area contributed by atoms with Crippen LogP contribution >= 0.6 is 0 Å². The summed E-state index contributed by atoms with van der Waals surface area (Å²) in [5.74, 6) is 6.07. The molecule has 1 unspecified atom stereocenters. The van der Waals surface area contributed by atoms with Crippen LogP contribution in [0.25, 0.3) is 0 Å². The lowest BCUT2D eigenvalue weighted by Crippen LogP contribution is -2.17. The van der Waals surface area contributed by atoms with Crippen molar-refractivity contribution < 1.29 is 0 Å². The Morgan fingerprint density at radius 2 is 2.06 bits per heavy atom. The summed E-state index contributed by atoms with van der Waals surface area (Å²) in [7, 11) is 2.02. The van der Waals surface area contributed by atoms with E-state index in [0.29, 0.717) is 6.04 Å². The van der Waals surface area contributed by atoms with Crippen molar-refractivity contribution in [3.63, 3.8) is 0 Å². The molecule has 0 fully saturated rings. The minimum absolute atomic E-state index is 0.418. The third kappa shape index (κ3) is 3.40. The maximum absolute atomic E-state index is 3.37. The second-order valence-corrected chi connectivity index (χ2v) is 4.17. The molecule has 0 radical (unpaired) electrons. The third-order valence-corrected chi connectivity index (χ3v) is 2.88. The molecule has 1 N–H and O–H groups in total. The van der Waals surface area contributed by atoms with Gasteiger partial charge in [0.15, 0.2) is 0 Å². The number of nitrogens with one attached hydrogen (secondary N) is 1. The van der Waals surface area contributed by atoms with Gasteiger partial charge in [0.25, 0.3) is 0 Å². The molecule has 0 aromatic heterocycles. The lowest BCUT2D eigenvalue weighted by Gasteiger charge is -2.18. The fourth-order valence-corrected chi connectivity index (χ4v) is 2.01. The molecule has 0 amide bonds. The van der Waals surface area contributed by atoms with Crippen molar-refractivity contribution in [2.75, 3.05) is 7.05 Å². The molecule has 1 aromatic carbocycles. The maximum atomic E-state index is 3.37. The molecular weight excluding hydrogens is 194 g/mol. The van der Waals surface area contributed by atoms with Crippen molar-refractivity contribution in [1.29, 1.82) is 0 Å². The summed E-state index contributed by atoms with van der Waals surface area (Å²) in [4.78, 5) is 0. The molecule has 0 saturated carbocycles. The molecule has 16 heavy (non-hydrogen) atoms. The van der Waals surface area contributed by atoms with Gasteiger partial charge in [-0.25, -0.2) is 0 Å². The van der Waals surface area contributed by atoms with Crippen LogP contribution in [0.15, 0.2) is 18.2 Å². The fourth-order valence-electron chi connectivity index (χ4n) is 2.01. The lowest BCUT2D eigenvalue weighted by molar-refractivity contribution is 0.555. The summed E-state index contributed by atoms with van der Waals surface area (Å²) in [6, 6.07) is 7.07. The van der Waals surface area contributed by atoms with Gasteiger partial charge in [-0.3, -0.25) is 0 Å². The first-order chi connectivity index (χ1) is 7.69. The first kappa shape index (κ1) is 12.8. The molecule has 0 spiro atoms. The van der Waals surface area contributed by atoms with Crippen LogP contribution in [-0.2, 0) is 0 Å². The van der Waals surface area contributed by atoms with Gasteiger partial charge >= 0.3 is 0 Å². The Kier molecular flexibility index (Phi) is 5.08. The molecule has 1 rings (SSSR count). The van der Waals surface area contributed by atoms with E-state index in [1.807, 2.05) is 14.0 Å². The Morgan fingerprint density at radius 1 is 1.31 bits per heavy atom. The summed E-state index contributed by atoms with van der Waals surface area (Å²) in [6.45, 7) is 6.21. The molecule has 0 aliphatic carbocycles. The number of benzene rings is 1. The third-order valence-electron chi connectivity index (χ3n) is 2.88. The quantitative estimate of drug-likeness (QED) is 0.759. The Labute approximate surface area is 99.3 Å². The van der Waals surface area contributed by atoms with Crippen molar-refractivity contribution in [3.05, 3.63) is 34.9 Å². The van der Waals surface area contributed by atoms with E-state index in [0.717, 1.165) is 12.8 Å². The summed E-state index contributed by atoms with van der Waals surface area (Å²) in [6.07, 6.45) is 2.02. The summed E-state index contributed by atoms with van der Waals surface area (Å²) in [5, 5.41) is 3.37. The first-order valence-electron chi connectivity index (χ1n) is 5.83. The Hall–Kier alpha value is -1.26. The van der Waals surface area contributed by atoms with Gasteiger partial charge in [0.1, 0.15) is 0 Å². The van der Waals surface area contributed by atoms with Crippen LogP contribution < -0.4 is 5.32 Å². The van der Waals surface area contributed by atoms with E-state index >= 15 is 0 Å². The molecule has 0 bridgehead atoms. The van der Waals surface area contributed by atoms with Crippen molar-refractivity contribution in [1.82, 2.24) is 5.32 Å². The SMILES string of the molecule is CC#CCCC(NC)c1ccc(C)cc1C. The van der Waals surface area contributed by atoms with Crippen molar-refractivity contribution >= 4 is 0 Å². The van der Waals surface area contributed by atoms with Gasteiger partial charge in [-0.2, -0.15) is 0 Å². The summed E-state index contributed by atoms with van der Waals surface area (Å²) < 4.78 is 0. The average Bonchev–Trinajstić information content (AvgIpc) is 2.26. The smallest absolute Gasteiger partial charge is 0.0329 e. The molecule has 1 heteroatoms. The van der Waals surface area contributed by atoms with Crippen LogP contribution in [0.4, 0.5) is 0 Å². The van der Waals surface area contributed by atoms with Gasteiger partial charge < -0.3 is 5.32 Å². The first-order valence-corrected chi connectivity index (χ1v) is 5.83. The van der Waals surface area contributed by atoms with Crippen LogP contribution in [0, 0.1) is 25.7 Å². The molecule has 1 atom stereocenters. The second kappa shape index (κ2) is 6.35. The molecule has 1 nitrogen and oxygen atoms in total. The van der Waals surface area contributed by atoms with Crippen LogP contribution in [0.1, 0.15) is 42.5 Å². The van der Waals surface area contributed by atoms with Crippen molar-refractivity contribution in [2.24, 2.45) is 0 Å². The van der Waals surface area contributed by atoms with Crippen LogP contribution in [0.3, 0.4) is 0 Å². The zero-order valence-corrected chi connectivity index (χ0v) is 10.7. The van der Waals surface area contributed by atoms with E-state index in [2.05, 4.69) is 49.2 Å². The molecule has 0 heterocycles. The molecule has 0 aliphatic heterocycles. The highest BCUT2D eigenvalue weighted by molar-refractivity contribution is 5.32. The van der Waals surface area contributed by atoms with Gasteiger partial charge in [-0.1, -0.05) is 23.8 Å². The molecule has 0 aliphatic rings. The highest BCUT2D eigenvalue weighted by Crippen LogP contribution is 2.22. The normalized spacial score (nSPS) is 11.8. The standard InChI is InChI=1S/C15H21N/c1-5-6-7-8-15(16-4)14-10-9-12(2)11-13(14)3/h9-11,15-16H,7-8H2,1-4H3. The monoisotopic (exact) mass is 215 g/mol. The van der Waals surface area contributed by atoms with E-state index in [-0.39, 0.29) is 0 Å². The highest BCUT2D eigenvalue weighted by atomic mass is 14.9. The highest BCUT2D eigenvalue weighted by Gasteiger charge is 2.10. The van der Waals surface area contributed by atoms with E-state index in [1.54, 1.807) is 0 Å². The molecule has 1 aromatic rings. The lowest BCUT2D eigenvalue weighted by atomic mass is 9.96. The molecule has 0 saturated heterocycles. The minimum Gasteiger partial charge on any atom is -0.313 e. The Balaban J connectivity index is 2.80. The van der Waals surface area contributed by atoms with E-state index in [9.17, 15) is 0 Å². The number of hydrogen-bond acceptors (Lipinski definition) is 1. The topological polar surface area (TPSA) is 12.0 Å². The minimum atomic E-state index is 0.418. The Bertz CT molecular complexity index is 396. The number of hydrogen-bond donors (Lipinski definition) is 1. The maximum Gasteiger partial charge on any atom is 0.0329 e. The summed E-state index contributed by atoms with van der Waals surface area (Å²) >= 11 is 0. The molecule has 86 valence electrons. The van der Waals surface area contributed by atoms with Crippen LogP contribution in [-0.4, -0.2) is 7.05 Å². The van der Waals surface area contributed by atoms with Gasteiger partial charge in [-0.15, -0.1) is 11.8 Å². The van der Waals surface area contributed by atoms with Crippen molar-refractivity contribution in [3.8, 4) is 11.8 Å². The van der Waals surface area contributed by atoms with Crippen LogP contribution in [0.5, 0.6) is 0 Å². The van der Waals surface area contributed by atoms with E-state index in [1.165, 1.54) is 16.7 Å². The van der Waals surface area contributed by atoms with Crippen molar-refractivity contribution in [2.45, 2.75) is 39.7 Å². The van der Waals surface area contributed by atoms with Gasteiger partial charge in [-0.05, 0) is 45.4 Å². The van der Waals surface area contributed by atoms with Gasteiger partial charge in [0.2, 0.25) is 0 Å². The Morgan fingerprint density at radius 3 is 2.62 bits per heavy atom. The average molecular weight is 215 g/mol. The number of rotatable bonds is 4. The van der Waals surface area contributed by atoms with Crippen LogP contribution in [0.2, 0.25) is 0 Å².